The summed E-state index contributed by atoms with van der Waals surface area (Å²) in [6.07, 6.45) is 2.51. The second-order valence-corrected chi connectivity index (χ2v) is 12.7. The van der Waals surface area contributed by atoms with E-state index in [1.807, 2.05) is 7.05 Å². The van der Waals surface area contributed by atoms with Crippen molar-refractivity contribution in [1.82, 2.24) is 19.6 Å². The zero-order valence-electron chi connectivity index (χ0n) is 22.0. The van der Waals surface area contributed by atoms with Gasteiger partial charge >= 0.3 is 0 Å². The van der Waals surface area contributed by atoms with Crippen molar-refractivity contribution < 1.29 is 13.2 Å². The summed E-state index contributed by atoms with van der Waals surface area (Å²) in [7, 11) is 0.178. The van der Waals surface area contributed by atoms with Crippen LogP contribution in [0.15, 0.2) is 42.5 Å². The topological polar surface area (TPSA) is 65.1 Å². The van der Waals surface area contributed by atoms with Gasteiger partial charge in [-0.1, -0.05) is 42.5 Å². The molecule has 4 atom stereocenters. The Hall–Kier alpha value is -1.81. The van der Waals surface area contributed by atoms with E-state index in [-0.39, 0.29) is 18.0 Å². The SMILES string of the molecule is COCC1C(c2ccc(-c3cccc(C)c3C)cc2)[C@@H]2CN(S(=O)(=O)C3CCNN3C)CCCCN12. The Labute approximate surface area is 216 Å². The van der Waals surface area contributed by atoms with E-state index in [1.54, 1.807) is 16.4 Å². The predicted octanol–water partition coefficient (Wildman–Crippen LogP) is 3.35. The fraction of sp³-hybridized carbons (Fsp3) is 0.571. The molecule has 3 unspecified atom stereocenters. The van der Waals surface area contributed by atoms with Crippen LogP contribution in [0.25, 0.3) is 11.1 Å². The third-order valence-electron chi connectivity index (χ3n) is 8.58. The van der Waals surface area contributed by atoms with Gasteiger partial charge in [-0.3, -0.25) is 10.3 Å². The molecule has 0 aliphatic carbocycles. The Bertz CT molecular complexity index is 1170. The molecular weight excluding hydrogens is 472 g/mol. The fourth-order valence-corrected chi connectivity index (χ4v) is 8.40. The summed E-state index contributed by atoms with van der Waals surface area (Å²) in [5, 5.41) is 1.28. The normalized spacial score (nSPS) is 28.3. The molecule has 2 aromatic rings. The zero-order chi connectivity index (χ0) is 25.4. The Balaban J connectivity index is 1.42. The van der Waals surface area contributed by atoms with E-state index in [9.17, 15) is 8.42 Å². The van der Waals surface area contributed by atoms with Crippen LogP contribution in [0.5, 0.6) is 0 Å². The summed E-state index contributed by atoms with van der Waals surface area (Å²) < 4.78 is 34.7. The first-order chi connectivity index (χ1) is 17.3. The Morgan fingerprint density at radius 2 is 1.81 bits per heavy atom. The lowest BCUT2D eigenvalue weighted by atomic mass is 9.74. The molecule has 0 radical (unpaired) electrons. The lowest BCUT2D eigenvalue weighted by Crippen LogP contribution is -2.68. The van der Waals surface area contributed by atoms with Crippen molar-refractivity contribution in [3.8, 4) is 11.1 Å². The van der Waals surface area contributed by atoms with E-state index < -0.39 is 15.4 Å². The van der Waals surface area contributed by atoms with Gasteiger partial charge in [-0.2, -0.15) is 4.31 Å². The predicted molar refractivity (Wildman–Crippen MR) is 144 cm³/mol. The maximum atomic E-state index is 13.7. The maximum Gasteiger partial charge on any atom is 0.231 e. The van der Waals surface area contributed by atoms with Gasteiger partial charge in [0.2, 0.25) is 10.0 Å². The van der Waals surface area contributed by atoms with Crippen molar-refractivity contribution in [3.63, 3.8) is 0 Å². The van der Waals surface area contributed by atoms with Crippen LogP contribution in [0.3, 0.4) is 0 Å². The van der Waals surface area contributed by atoms with Gasteiger partial charge in [0.15, 0.2) is 0 Å². The van der Waals surface area contributed by atoms with E-state index in [2.05, 4.69) is 66.6 Å². The number of fused-ring (bicyclic) bond motifs is 1. The maximum absolute atomic E-state index is 13.7. The standard InChI is InChI=1S/C28H40N4O3S/c1-20-8-7-9-24(21(20)2)22-10-12-23(13-11-22)28-25-18-31(36(33,34)27-14-15-29-30(27)3)16-5-6-17-32(25)26(28)19-35-4/h7-13,25-29H,5-6,14-19H2,1-4H3/t25-,26?,27?,28?/m0/s1. The Kier molecular flexibility index (Phi) is 7.54. The van der Waals surface area contributed by atoms with Crippen LogP contribution in [-0.4, -0.2) is 87.0 Å². The first kappa shape index (κ1) is 25.8. The molecule has 5 rings (SSSR count). The van der Waals surface area contributed by atoms with Gasteiger partial charge in [0.05, 0.1) is 6.61 Å². The summed E-state index contributed by atoms with van der Waals surface area (Å²) in [5.74, 6) is 0.243. The summed E-state index contributed by atoms with van der Waals surface area (Å²) in [6, 6.07) is 15.8. The lowest BCUT2D eigenvalue weighted by molar-refractivity contribution is -0.0636. The molecule has 2 aromatic carbocycles. The third kappa shape index (κ3) is 4.64. The second-order valence-electron chi connectivity index (χ2n) is 10.6. The number of methoxy groups -OCH3 is 1. The third-order valence-corrected chi connectivity index (χ3v) is 10.9. The number of rotatable bonds is 6. The molecule has 0 bridgehead atoms. The summed E-state index contributed by atoms with van der Waals surface area (Å²) in [5.41, 5.74) is 9.52. The minimum absolute atomic E-state index is 0.159. The highest BCUT2D eigenvalue weighted by Gasteiger charge is 2.51. The van der Waals surface area contributed by atoms with Crippen molar-refractivity contribution in [2.24, 2.45) is 0 Å². The van der Waals surface area contributed by atoms with E-state index in [4.69, 9.17) is 4.74 Å². The molecule has 36 heavy (non-hydrogen) atoms. The van der Waals surface area contributed by atoms with E-state index in [0.29, 0.717) is 32.7 Å². The zero-order valence-corrected chi connectivity index (χ0v) is 22.8. The van der Waals surface area contributed by atoms with Crippen molar-refractivity contribution in [1.29, 1.82) is 0 Å². The van der Waals surface area contributed by atoms with Crippen LogP contribution in [0.4, 0.5) is 0 Å². The van der Waals surface area contributed by atoms with Crippen LogP contribution < -0.4 is 5.43 Å². The van der Waals surface area contributed by atoms with Crippen LogP contribution in [0.2, 0.25) is 0 Å². The van der Waals surface area contributed by atoms with Gasteiger partial charge in [-0.15, -0.1) is 0 Å². The van der Waals surface area contributed by atoms with Gasteiger partial charge in [-0.05, 0) is 67.5 Å². The van der Waals surface area contributed by atoms with Crippen LogP contribution in [-0.2, 0) is 14.8 Å². The molecule has 3 aliphatic heterocycles. The molecule has 3 fully saturated rings. The number of hydrogen-bond acceptors (Lipinski definition) is 6. The summed E-state index contributed by atoms with van der Waals surface area (Å²) >= 11 is 0. The number of hydrazine groups is 1. The highest BCUT2D eigenvalue weighted by Crippen LogP contribution is 2.43. The lowest BCUT2D eigenvalue weighted by Gasteiger charge is -2.57. The summed E-state index contributed by atoms with van der Waals surface area (Å²) in [6.45, 7) is 7.82. The molecule has 196 valence electrons. The minimum atomic E-state index is -3.42. The van der Waals surface area contributed by atoms with Crippen LogP contribution >= 0.6 is 0 Å². The molecular formula is C28H40N4O3S. The fourth-order valence-electron chi connectivity index (χ4n) is 6.42. The first-order valence-electron chi connectivity index (χ1n) is 13.2. The smallest absolute Gasteiger partial charge is 0.231 e. The van der Waals surface area contributed by atoms with Gasteiger partial charge < -0.3 is 4.74 Å². The quantitative estimate of drug-likeness (QED) is 0.641. The molecule has 7 nitrogen and oxygen atoms in total. The molecule has 3 aliphatic rings. The van der Waals surface area contributed by atoms with Crippen molar-refractivity contribution >= 4 is 10.0 Å². The largest absolute Gasteiger partial charge is 0.383 e. The monoisotopic (exact) mass is 512 g/mol. The molecule has 0 saturated carbocycles. The highest BCUT2D eigenvalue weighted by molar-refractivity contribution is 7.89. The van der Waals surface area contributed by atoms with E-state index >= 15 is 0 Å². The van der Waals surface area contributed by atoms with Crippen molar-refractivity contribution in [2.45, 2.75) is 56.5 Å². The van der Waals surface area contributed by atoms with Gasteiger partial charge in [0, 0.05) is 51.8 Å². The average molecular weight is 513 g/mol. The molecule has 0 amide bonds. The number of hydrogen-bond donors (Lipinski definition) is 1. The first-order valence-corrected chi connectivity index (χ1v) is 14.7. The summed E-state index contributed by atoms with van der Waals surface area (Å²) in [4.78, 5) is 2.49. The van der Waals surface area contributed by atoms with E-state index in [0.717, 1.165) is 19.4 Å². The highest BCUT2D eigenvalue weighted by atomic mass is 32.2. The van der Waals surface area contributed by atoms with Crippen LogP contribution in [0, 0.1) is 13.8 Å². The molecule has 0 spiro atoms. The average Bonchev–Trinajstić information content (AvgIpc) is 3.29. The van der Waals surface area contributed by atoms with Gasteiger partial charge in [-0.25, -0.2) is 13.4 Å². The molecule has 1 N–H and O–H groups in total. The number of sulfonamides is 1. The number of nitrogens with zero attached hydrogens (tertiary/aromatic N) is 3. The Morgan fingerprint density at radius 1 is 1.06 bits per heavy atom. The van der Waals surface area contributed by atoms with Crippen molar-refractivity contribution in [2.75, 3.05) is 46.9 Å². The van der Waals surface area contributed by atoms with Crippen molar-refractivity contribution in [3.05, 3.63) is 59.2 Å². The van der Waals surface area contributed by atoms with Crippen LogP contribution in [0.1, 0.15) is 41.9 Å². The van der Waals surface area contributed by atoms with E-state index in [1.165, 1.54) is 27.8 Å². The number of benzene rings is 2. The van der Waals surface area contributed by atoms with Gasteiger partial charge in [0.25, 0.3) is 0 Å². The minimum Gasteiger partial charge on any atom is -0.383 e. The van der Waals surface area contributed by atoms with Gasteiger partial charge in [0.1, 0.15) is 5.37 Å². The second kappa shape index (κ2) is 10.5. The number of aryl methyl sites for hydroxylation is 1. The number of ether oxygens (including phenoxy) is 1. The molecule has 3 heterocycles. The Morgan fingerprint density at radius 3 is 2.50 bits per heavy atom. The number of nitrogens with one attached hydrogen (secondary N) is 1. The molecule has 3 saturated heterocycles. The molecule has 0 aromatic heterocycles. The molecule has 8 heteroatoms.